The van der Waals surface area contributed by atoms with Crippen molar-refractivity contribution in [1.29, 1.82) is 0 Å². The maximum absolute atomic E-state index is 11.9. The van der Waals surface area contributed by atoms with Crippen molar-refractivity contribution in [3.8, 4) is 0 Å². The Bertz CT molecular complexity index is 554. The average molecular weight is 299 g/mol. The minimum Gasteiger partial charge on any atom is -0.326 e. The average Bonchev–Trinajstić information content (AvgIpc) is 2.38. The van der Waals surface area contributed by atoms with Gasteiger partial charge in [0.05, 0.1) is 4.90 Å². The summed E-state index contributed by atoms with van der Waals surface area (Å²) in [7, 11) is -4.25. The molecule has 1 aromatic rings. The maximum Gasteiger partial charge on any atom is 0.294 e. The first-order chi connectivity index (χ1) is 9.34. The van der Waals surface area contributed by atoms with Gasteiger partial charge in [-0.1, -0.05) is 39.2 Å². The molecule has 1 unspecified atom stereocenters. The van der Waals surface area contributed by atoms with E-state index in [1.165, 1.54) is 18.2 Å². The molecule has 1 rings (SSSR count). The van der Waals surface area contributed by atoms with Crippen molar-refractivity contribution >= 4 is 21.7 Å². The molecular weight excluding hydrogens is 278 g/mol. The van der Waals surface area contributed by atoms with Crippen molar-refractivity contribution in [1.82, 2.24) is 0 Å². The summed E-state index contributed by atoms with van der Waals surface area (Å²) in [6.45, 7) is 3.95. The van der Waals surface area contributed by atoms with Gasteiger partial charge in [0.1, 0.15) is 0 Å². The van der Waals surface area contributed by atoms with Crippen LogP contribution in [0.4, 0.5) is 5.69 Å². The molecule has 0 saturated heterocycles. The smallest absolute Gasteiger partial charge is 0.294 e. The lowest BCUT2D eigenvalue weighted by atomic mass is 10.0. The molecule has 0 aliphatic rings. The molecule has 0 heterocycles. The highest BCUT2D eigenvalue weighted by Gasteiger charge is 2.14. The van der Waals surface area contributed by atoms with Crippen LogP contribution >= 0.6 is 0 Å². The van der Waals surface area contributed by atoms with Crippen LogP contribution in [0.3, 0.4) is 0 Å². The van der Waals surface area contributed by atoms with E-state index in [0.29, 0.717) is 5.69 Å². The van der Waals surface area contributed by atoms with Crippen molar-refractivity contribution in [2.45, 2.75) is 44.4 Å². The number of carbonyl (C=O) groups excluding carboxylic acids is 1. The van der Waals surface area contributed by atoms with Gasteiger partial charge >= 0.3 is 0 Å². The predicted octanol–water partition coefficient (Wildman–Crippen LogP) is 3.09. The minimum absolute atomic E-state index is 0.129. The molecule has 0 fully saturated rings. The maximum atomic E-state index is 11.9. The van der Waals surface area contributed by atoms with Crippen LogP contribution in [0.15, 0.2) is 29.2 Å². The quantitative estimate of drug-likeness (QED) is 0.598. The van der Waals surface area contributed by atoms with Crippen LogP contribution in [0, 0.1) is 5.92 Å². The number of hydrogen-bond acceptors (Lipinski definition) is 3. The first-order valence-corrected chi connectivity index (χ1v) is 8.17. The summed E-state index contributed by atoms with van der Waals surface area (Å²) in [6.07, 6.45) is 3.99. The molecule has 20 heavy (non-hydrogen) atoms. The first kappa shape index (κ1) is 16.7. The van der Waals surface area contributed by atoms with E-state index < -0.39 is 10.1 Å². The fraction of sp³-hybridized carbons (Fsp3) is 0.500. The molecule has 0 aromatic heterocycles. The highest BCUT2D eigenvalue weighted by molar-refractivity contribution is 7.85. The summed E-state index contributed by atoms with van der Waals surface area (Å²) in [6, 6.07) is 5.58. The van der Waals surface area contributed by atoms with Crippen LogP contribution in [-0.2, 0) is 14.9 Å². The number of hydrogen-bond donors (Lipinski definition) is 2. The number of anilines is 1. The Balaban J connectivity index is 2.66. The topological polar surface area (TPSA) is 83.5 Å². The zero-order chi connectivity index (χ0) is 15.2. The lowest BCUT2D eigenvalue weighted by molar-refractivity contribution is -0.119. The van der Waals surface area contributed by atoms with E-state index >= 15 is 0 Å². The Morgan fingerprint density at radius 1 is 1.35 bits per heavy atom. The number of nitrogens with one attached hydrogen (secondary N) is 1. The predicted molar refractivity (Wildman–Crippen MR) is 78.2 cm³/mol. The van der Waals surface area contributed by atoms with Crippen LogP contribution in [0.1, 0.15) is 39.5 Å². The Hall–Kier alpha value is -1.40. The molecule has 6 heteroatoms. The van der Waals surface area contributed by atoms with Gasteiger partial charge in [-0.2, -0.15) is 8.42 Å². The molecule has 112 valence electrons. The molecule has 0 aliphatic heterocycles. The van der Waals surface area contributed by atoms with Crippen LogP contribution < -0.4 is 5.32 Å². The van der Waals surface area contributed by atoms with Gasteiger partial charge in [0.25, 0.3) is 10.1 Å². The number of unbranched alkanes of at least 4 members (excludes halogenated alkanes) is 2. The normalized spacial score (nSPS) is 12.9. The first-order valence-electron chi connectivity index (χ1n) is 6.73. The zero-order valence-electron chi connectivity index (χ0n) is 11.8. The SMILES string of the molecule is CCCCCC(C)C(=O)Nc1cccc(S(=O)(=O)O)c1. The highest BCUT2D eigenvalue weighted by atomic mass is 32.2. The number of carbonyl (C=O) groups is 1. The second-order valence-electron chi connectivity index (χ2n) is 4.89. The largest absolute Gasteiger partial charge is 0.326 e. The summed E-state index contributed by atoms with van der Waals surface area (Å²) in [5.41, 5.74) is 0.368. The zero-order valence-corrected chi connectivity index (χ0v) is 12.6. The Labute approximate surface area is 120 Å². The van der Waals surface area contributed by atoms with Gasteiger partial charge in [-0.05, 0) is 24.6 Å². The van der Waals surface area contributed by atoms with Gasteiger partial charge in [0, 0.05) is 11.6 Å². The minimum atomic E-state index is -4.25. The summed E-state index contributed by atoms with van der Waals surface area (Å²) in [4.78, 5) is 11.7. The fourth-order valence-corrected chi connectivity index (χ4v) is 2.36. The van der Waals surface area contributed by atoms with Crippen LogP contribution in [-0.4, -0.2) is 18.9 Å². The van der Waals surface area contributed by atoms with Crippen molar-refractivity contribution < 1.29 is 17.8 Å². The molecule has 1 amide bonds. The molecule has 0 saturated carbocycles. The van der Waals surface area contributed by atoms with Crippen molar-refractivity contribution in [3.63, 3.8) is 0 Å². The molecule has 0 radical (unpaired) electrons. The van der Waals surface area contributed by atoms with Gasteiger partial charge in [-0.3, -0.25) is 9.35 Å². The molecule has 0 aliphatic carbocycles. The van der Waals surface area contributed by atoms with Crippen LogP contribution in [0.25, 0.3) is 0 Å². The molecule has 1 atom stereocenters. The van der Waals surface area contributed by atoms with E-state index in [2.05, 4.69) is 12.2 Å². The van der Waals surface area contributed by atoms with E-state index in [0.717, 1.165) is 25.7 Å². The Morgan fingerprint density at radius 2 is 2.05 bits per heavy atom. The third kappa shape index (κ3) is 5.30. The van der Waals surface area contributed by atoms with Gasteiger partial charge in [0.15, 0.2) is 0 Å². The third-order valence-corrected chi connectivity index (χ3v) is 3.94. The van der Waals surface area contributed by atoms with E-state index in [1.807, 2.05) is 6.92 Å². The molecule has 2 N–H and O–H groups in total. The molecular formula is C14H21NO4S. The van der Waals surface area contributed by atoms with Crippen LogP contribution in [0.5, 0.6) is 0 Å². The van der Waals surface area contributed by atoms with E-state index in [4.69, 9.17) is 4.55 Å². The fourth-order valence-electron chi connectivity index (χ4n) is 1.83. The number of amides is 1. The number of benzene rings is 1. The van der Waals surface area contributed by atoms with E-state index in [1.54, 1.807) is 6.07 Å². The lowest BCUT2D eigenvalue weighted by Crippen LogP contribution is -2.20. The highest BCUT2D eigenvalue weighted by Crippen LogP contribution is 2.17. The summed E-state index contributed by atoms with van der Waals surface area (Å²) >= 11 is 0. The van der Waals surface area contributed by atoms with Gasteiger partial charge in [-0.25, -0.2) is 0 Å². The van der Waals surface area contributed by atoms with Gasteiger partial charge in [-0.15, -0.1) is 0 Å². The van der Waals surface area contributed by atoms with Gasteiger partial charge in [0.2, 0.25) is 5.91 Å². The molecule has 0 spiro atoms. The second-order valence-corrected chi connectivity index (χ2v) is 6.31. The van der Waals surface area contributed by atoms with E-state index in [9.17, 15) is 13.2 Å². The van der Waals surface area contributed by atoms with Crippen molar-refractivity contribution in [3.05, 3.63) is 24.3 Å². The number of rotatable bonds is 7. The van der Waals surface area contributed by atoms with E-state index in [-0.39, 0.29) is 16.7 Å². The standard InChI is InChI=1S/C14H21NO4S/c1-3-4-5-7-11(2)14(16)15-12-8-6-9-13(10-12)20(17,18)19/h6,8-11H,3-5,7H2,1-2H3,(H,15,16)(H,17,18,19). The van der Waals surface area contributed by atoms with Gasteiger partial charge < -0.3 is 5.32 Å². The van der Waals surface area contributed by atoms with Crippen LogP contribution in [0.2, 0.25) is 0 Å². The molecule has 5 nitrogen and oxygen atoms in total. The molecule has 1 aromatic carbocycles. The monoisotopic (exact) mass is 299 g/mol. The Morgan fingerprint density at radius 3 is 2.65 bits per heavy atom. The summed E-state index contributed by atoms with van der Waals surface area (Å²) < 4.78 is 31.0. The second kappa shape index (κ2) is 7.40. The summed E-state index contributed by atoms with van der Waals surface area (Å²) in [5.74, 6) is -0.274. The summed E-state index contributed by atoms with van der Waals surface area (Å²) in [5, 5.41) is 2.67. The lowest BCUT2D eigenvalue weighted by Gasteiger charge is -2.12. The van der Waals surface area contributed by atoms with Crippen molar-refractivity contribution in [2.75, 3.05) is 5.32 Å². The Kier molecular flexibility index (Phi) is 6.16. The molecule has 0 bridgehead atoms. The van der Waals surface area contributed by atoms with Crippen molar-refractivity contribution in [2.24, 2.45) is 5.92 Å². The third-order valence-electron chi connectivity index (χ3n) is 3.09.